The van der Waals surface area contributed by atoms with E-state index in [1.54, 1.807) is 11.0 Å². The molecule has 24 heteroatoms. The molecule has 0 spiro atoms. The summed E-state index contributed by atoms with van der Waals surface area (Å²) in [5.41, 5.74) is 6.19. The lowest BCUT2D eigenvalue weighted by Crippen LogP contribution is -2.30. The van der Waals surface area contributed by atoms with Crippen LogP contribution in [-0.2, 0) is 51.5 Å². The number of sulfone groups is 1. The Bertz CT molecular complexity index is 1400. The number of nitrogens with zero attached hydrogens (tertiary/aromatic N) is 3. The zero-order chi connectivity index (χ0) is 31.7. The average molecular weight is 692 g/mol. The number of carbonyl (C=O) groups is 1. The number of rotatable bonds is 21. The molecule has 0 saturated carbocycles. The molecule has 43 heavy (non-hydrogen) atoms. The number of nitrogens with one attached hydrogen (secondary N) is 1. The number of anilines is 2. The van der Waals surface area contributed by atoms with E-state index in [1.807, 2.05) is 0 Å². The van der Waals surface area contributed by atoms with E-state index in [9.17, 15) is 21.6 Å². The zero-order valence-electron chi connectivity index (χ0n) is 21.6. The molecule has 240 valence electrons. The topological polar surface area (TPSA) is 277 Å². The van der Waals surface area contributed by atoms with Crippen LogP contribution in [0.25, 0.3) is 0 Å². The monoisotopic (exact) mass is 691 g/mol. The third-order valence-electron chi connectivity index (χ3n) is 4.74. The van der Waals surface area contributed by atoms with Gasteiger partial charge in [0.05, 0.1) is 41.8 Å². The predicted octanol–water partition coefficient (Wildman–Crippen LogP) is 2.99. The lowest BCUT2D eigenvalue weighted by molar-refractivity contribution is -0.434. The van der Waals surface area contributed by atoms with Crippen LogP contribution in [0, 0.1) is 0 Å². The lowest BCUT2D eigenvalue weighted by atomic mass is 10.2. The van der Waals surface area contributed by atoms with Crippen LogP contribution >= 0.6 is 24.6 Å². The number of hydrogen-bond acceptors (Lipinski definition) is 19. The van der Waals surface area contributed by atoms with Gasteiger partial charge in [-0.1, -0.05) is 16.1 Å². The normalized spacial score (nSPS) is 12.1. The van der Waals surface area contributed by atoms with Crippen LogP contribution in [0.1, 0.15) is 0 Å². The smallest absolute Gasteiger partial charge is 0.367 e. The van der Waals surface area contributed by atoms with Gasteiger partial charge in [0, 0.05) is 18.8 Å². The summed E-state index contributed by atoms with van der Waals surface area (Å²) < 4.78 is 77.5. The van der Waals surface area contributed by atoms with E-state index < -0.39 is 38.6 Å². The van der Waals surface area contributed by atoms with Gasteiger partial charge in [-0.3, -0.25) is 12.9 Å². The van der Waals surface area contributed by atoms with Crippen LogP contribution in [0.4, 0.5) is 27.5 Å². The molecule has 0 aliphatic carbocycles. The number of amides is 2. The minimum atomic E-state index is -4.80. The Balaban J connectivity index is 2.25. The molecule has 0 atom stereocenters. The summed E-state index contributed by atoms with van der Waals surface area (Å²) in [4.78, 5) is 13.2. The number of benzene rings is 2. The molecule has 0 aliphatic heterocycles. The summed E-state index contributed by atoms with van der Waals surface area (Å²) in [6, 6.07) is 8.95. The maximum Gasteiger partial charge on any atom is 0.397 e. The summed E-state index contributed by atoms with van der Waals surface area (Å²) in [7, 11) is -8.82. The first kappa shape index (κ1) is 36.5. The Morgan fingerprint density at radius 3 is 2.16 bits per heavy atom. The first-order valence-electron chi connectivity index (χ1n) is 11.3. The molecule has 2 aromatic rings. The van der Waals surface area contributed by atoms with Gasteiger partial charge in [-0.2, -0.15) is 13.5 Å². The number of urea groups is 1. The van der Waals surface area contributed by atoms with Crippen LogP contribution < -0.4 is 16.0 Å². The number of primary amides is 1. The van der Waals surface area contributed by atoms with E-state index >= 15 is 0 Å². The minimum Gasteiger partial charge on any atom is -0.367 e. The first-order valence-corrected chi connectivity index (χ1v) is 15.6. The Labute approximate surface area is 253 Å². The largest absolute Gasteiger partial charge is 0.397 e. The third-order valence-corrected chi connectivity index (χ3v) is 7.64. The molecule has 0 saturated heterocycles. The van der Waals surface area contributed by atoms with Gasteiger partial charge in [-0.25, -0.2) is 27.9 Å². The van der Waals surface area contributed by atoms with Crippen molar-refractivity contribution < 1.29 is 68.0 Å². The van der Waals surface area contributed by atoms with Gasteiger partial charge in [0.2, 0.25) is 0 Å². The van der Waals surface area contributed by atoms with Crippen molar-refractivity contribution in [1.82, 2.24) is 0 Å². The van der Waals surface area contributed by atoms with Crippen LogP contribution in [0.3, 0.4) is 0 Å². The van der Waals surface area contributed by atoms with Crippen molar-refractivity contribution >= 4 is 73.7 Å². The fourth-order valence-corrected chi connectivity index (χ4v) is 4.99. The van der Waals surface area contributed by atoms with Gasteiger partial charge in [0.25, 0.3) is 0 Å². The molecule has 0 heterocycles. The number of nitrogens with two attached hydrogens (primary N) is 1. The van der Waals surface area contributed by atoms with Gasteiger partial charge in [0.1, 0.15) is 5.69 Å². The molecule has 6 N–H and O–H groups in total. The van der Waals surface area contributed by atoms with E-state index in [1.165, 1.54) is 36.4 Å². The fourth-order valence-electron chi connectivity index (χ4n) is 3.06. The quantitative estimate of drug-likeness (QED) is 0.0314. The molecular formula is C19H25N5O15S4. The molecule has 2 amide bonds. The molecule has 0 fully saturated rings. The minimum absolute atomic E-state index is 0.0542. The van der Waals surface area contributed by atoms with Crippen LogP contribution in [0.5, 0.6) is 0 Å². The van der Waals surface area contributed by atoms with Crippen molar-refractivity contribution in [2.45, 2.75) is 4.90 Å². The highest BCUT2D eigenvalue weighted by atomic mass is 32.3. The van der Waals surface area contributed by atoms with Crippen LogP contribution in [0.15, 0.2) is 57.6 Å². The second-order valence-electron chi connectivity index (χ2n) is 7.51. The maximum absolute atomic E-state index is 12.5. The van der Waals surface area contributed by atoms with Crippen molar-refractivity contribution in [3.05, 3.63) is 42.5 Å². The molecule has 0 bridgehead atoms. The second kappa shape index (κ2) is 18.9. The first-order chi connectivity index (χ1) is 20.4. The van der Waals surface area contributed by atoms with Crippen molar-refractivity contribution in [1.29, 1.82) is 0 Å². The SMILES string of the molecule is NC(=O)Nc1cc(N(CCOSOOO)CCOSOOO)ccc1N=Nc1cccc(S(=O)(=O)CCOS(=O)(=O)O)c1. The van der Waals surface area contributed by atoms with Crippen molar-refractivity contribution in [3.8, 4) is 0 Å². The fraction of sp³-hybridized carbons (Fsp3) is 0.316. The highest BCUT2D eigenvalue weighted by Gasteiger charge is 2.17. The number of azo groups is 1. The van der Waals surface area contributed by atoms with Gasteiger partial charge in [-0.15, -0.1) is 13.8 Å². The Kier molecular flexibility index (Phi) is 16.0. The van der Waals surface area contributed by atoms with Gasteiger partial charge in [0.15, 0.2) is 34.5 Å². The molecule has 0 radical (unpaired) electrons. The molecular weight excluding hydrogens is 666 g/mol. The summed E-state index contributed by atoms with van der Waals surface area (Å²) in [5, 5.41) is 33.7. The molecule has 20 nitrogen and oxygen atoms in total. The molecule has 0 unspecified atom stereocenters. The summed E-state index contributed by atoms with van der Waals surface area (Å²) >= 11 is 0.747. The van der Waals surface area contributed by atoms with E-state index in [0.717, 1.165) is 0 Å². The Morgan fingerprint density at radius 2 is 1.58 bits per heavy atom. The van der Waals surface area contributed by atoms with E-state index in [2.05, 4.69) is 38.5 Å². The van der Waals surface area contributed by atoms with Crippen molar-refractivity contribution in [2.75, 3.05) is 48.9 Å². The summed E-state index contributed by atoms with van der Waals surface area (Å²) in [6.07, 6.45) is 0. The molecule has 0 aliphatic rings. The van der Waals surface area contributed by atoms with Gasteiger partial charge in [-0.05, 0) is 36.4 Å². The van der Waals surface area contributed by atoms with Crippen molar-refractivity contribution in [3.63, 3.8) is 0 Å². The lowest BCUT2D eigenvalue weighted by Gasteiger charge is -2.25. The maximum atomic E-state index is 12.5. The third kappa shape index (κ3) is 14.6. The van der Waals surface area contributed by atoms with Crippen LogP contribution in [-0.4, -0.2) is 76.6 Å². The molecule has 2 aromatic carbocycles. The second-order valence-corrected chi connectivity index (χ2v) is 11.7. The van der Waals surface area contributed by atoms with Crippen LogP contribution in [0.2, 0.25) is 0 Å². The average Bonchev–Trinajstić information content (AvgIpc) is 2.94. The molecule has 0 aromatic heterocycles. The molecule has 2 rings (SSSR count). The van der Waals surface area contributed by atoms with Crippen molar-refractivity contribution in [2.24, 2.45) is 16.0 Å². The van der Waals surface area contributed by atoms with E-state index in [0.29, 0.717) is 30.3 Å². The van der Waals surface area contributed by atoms with Gasteiger partial charge < -0.3 is 16.0 Å². The zero-order valence-corrected chi connectivity index (χ0v) is 24.8. The van der Waals surface area contributed by atoms with E-state index in [-0.39, 0.29) is 48.3 Å². The number of hydrogen-bond donors (Lipinski definition) is 5. The highest BCUT2D eigenvalue weighted by molar-refractivity contribution is 7.91. The summed E-state index contributed by atoms with van der Waals surface area (Å²) in [6.45, 7) is -0.247. The van der Waals surface area contributed by atoms with Gasteiger partial charge >= 0.3 is 16.4 Å². The highest BCUT2D eigenvalue weighted by Crippen LogP contribution is 2.32. The van der Waals surface area contributed by atoms with E-state index in [4.69, 9.17) is 29.2 Å². The predicted molar refractivity (Wildman–Crippen MR) is 149 cm³/mol. The Morgan fingerprint density at radius 1 is 0.930 bits per heavy atom. The Hall–Kier alpha value is -2.69. The number of carbonyl (C=O) groups excluding carboxylic acids is 1. The summed E-state index contributed by atoms with van der Waals surface area (Å²) in [5.74, 6) is -0.740. The standard InChI is InChI=1S/C19H25N5O15S4/c20-19(25)21-18-13-15(24(6-8-33-40-38-36-26)7-9-34-41-39-37-27)4-5-17(18)23-22-14-2-1-3-16(12-14)42(28,29)11-10-35-43(30,31)32/h1-5,12-13,26-27H,6-11H2,(H3,20,21,25)(H,30,31,32).